The molecule has 0 saturated heterocycles. The molecule has 0 radical (unpaired) electrons. The summed E-state index contributed by atoms with van der Waals surface area (Å²) in [6, 6.07) is 12.5. The van der Waals surface area contributed by atoms with Gasteiger partial charge in [-0.15, -0.1) is 0 Å². The number of hydrogen-bond donors (Lipinski definition) is 2. The van der Waals surface area contributed by atoms with Crippen molar-refractivity contribution < 1.29 is 4.79 Å². The molecule has 1 amide bonds. The highest BCUT2D eigenvalue weighted by Crippen LogP contribution is 2.17. The Morgan fingerprint density at radius 1 is 1.24 bits per heavy atom. The van der Waals surface area contributed by atoms with Gasteiger partial charge in [-0.25, -0.2) is 0 Å². The summed E-state index contributed by atoms with van der Waals surface area (Å²) in [7, 11) is 0. The number of carbonyl (C=O) groups is 1. The van der Waals surface area contributed by atoms with Gasteiger partial charge < -0.3 is 11.1 Å². The first-order valence-electron chi connectivity index (χ1n) is 6.46. The number of hydrogen-bond acceptors (Lipinski definition) is 2. The van der Waals surface area contributed by atoms with Gasteiger partial charge in [0.25, 0.3) is 5.91 Å². The molecule has 0 fully saturated rings. The summed E-state index contributed by atoms with van der Waals surface area (Å²) in [5.41, 5.74) is 8.34. The Kier molecular flexibility index (Phi) is 4.99. The highest BCUT2D eigenvalue weighted by Gasteiger charge is 2.09. The Morgan fingerprint density at radius 3 is 2.57 bits per heavy atom. The van der Waals surface area contributed by atoms with Crippen LogP contribution in [-0.2, 0) is 0 Å². The fraction of sp³-hybridized carbons (Fsp3) is 0.118. The van der Waals surface area contributed by atoms with Crippen molar-refractivity contribution in [3.8, 4) is 11.8 Å². The third kappa shape index (κ3) is 4.09. The summed E-state index contributed by atoms with van der Waals surface area (Å²) in [5.74, 6) is 5.55. The number of aryl methyl sites for hydroxylation is 1. The highest BCUT2D eigenvalue weighted by molar-refractivity contribution is 6.30. The van der Waals surface area contributed by atoms with Gasteiger partial charge in [0.2, 0.25) is 0 Å². The van der Waals surface area contributed by atoms with E-state index in [1.807, 2.05) is 31.2 Å². The van der Waals surface area contributed by atoms with E-state index >= 15 is 0 Å². The predicted octanol–water partition coefficient (Wildman–Crippen LogP) is 3.21. The lowest BCUT2D eigenvalue weighted by Gasteiger charge is -2.08. The summed E-state index contributed by atoms with van der Waals surface area (Å²) >= 11 is 5.89. The van der Waals surface area contributed by atoms with Crippen molar-refractivity contribution in [2.45, 2.75) is 6.92 Å². The number of nitrogens with one attached hydrogen (secondary N) is 1. The Bertz CT molecular complexity index is 712. The van der Waals surface area contributed by atoms with Crippen LogP contribution in [0.4, 0.5) is 5.69 Å². The summed E-state index contributed by atoms with van der Waals surface area (Å²) in [6.07, 6.45) is 0. The van der Waals surface area contributed by atoms with E-state index in [4.69, 9.17) is 17.3 Å². The molecule has 3 N–H and O–H groups in total. The van der Waals surface area contributed by atoms with E-state index in [1.54, 1.807) is 18.2 Å². The fourth-order valence-electron chi connectivity index (χ4n) is 1.87. The van der Waals surface area contributed by atoms with Crippen molar-refractivity contribution in [3.63, 3.8) is 0 Å². The molecule has 106 valence electrons. The molecule has 2 rings (SSSR count). The van der Waals surface area contributed by atoms with Gasteiger partial charge in [-0.05, 0) is 55.0 Å². The molecule has 0 saturated carbocycles. The van der Waals surface area contributed by atoms with Crippen molar-refractivity contribution >= 4 is 23.2 Å². The van der Waals surface area contributed by atoms with Crippen LogP contribution in [0.25, 0.3) is 0 Å². The number of amides is 1. The first-order chi connectivity index (χ1) is 10.1. The molecule has 0 spiro atoms. The average molecular weight is 299 g/mol. The van der Waals surface area contributed by atoms with Crippen molar-refractivity contribution in [2.24, 2.45) is 5.73 Å². The maximum Gasteiger partial charge on any atom is 0.255 e. The van der Waals surface area contributed by atoms with E-state index in [0.29, 0.717) is 22.8 Å². The van der Waals surface area contributed by atoms with Crippen LogP contribution in [0.3, 0.4) is 0 Å². The van der Waals surface area contributed by atoms with E-state index in [9.17, 15) is 4.79 Å². The third-order valence-corrected chi connectivity index (χ3v) is 3.15. The molecule has 0 bridgehead atoms. The van der Waals surface area contributed by atoms with Crippen LogP contribution in [0, 0.1) is 18.8 Å². The van der Waals surface area contributed by atoms with Gasteiger partial charge in [0.05, 0.1) is 6.54 Å². The molecule has 3 nitrogen and oxygen atoms in total. The van der Waals surface area contributed by atoms with Gasteiger partial charge in [0.1, 0.15) is 0 Å². The SMILES string of the molecule is Cc1cc(Cl)ccc1C(=O)Nc1ccc(C#CCN)cc1. The van der Waals surface area contributed by atoms with Crippen molar-refractivity contribution in [2.75, 3.05) is 11.9 Å². The smallest absolute Gasteiger partial charge is 0.255 e. The lowest BCUT2D eigenvalue weighted by molar-refractivity contribution is 0.102. The second-order valence-electron chi connectivity index (χ2n) is 4.50. The number of halogens is 1. The Labute approximate surface area is 129 Å². The lowest BCUT2D eigenvalue weighted by Crippen LogP contribution is -2.13. The normalized spacial score (nSPS) is 9.67. The van der Waals surface area contributed by atoms with E-state index in [1.165, 1.54) is 0 Å². The minimum atomic E-state index is -0.162. The third-order valence-electron chi connectivity index (χ3n) is 2.91. The highest BCUT2D eigenvalue weighted by atomic mass is 35.5. The van der Waals surface area contributed by atoms with Crippen LogP contribution >= 0.6 is 11.6 Å². The molecule has 0 aromatic heterocycles. The van der Waals surface area contributed by atoms with Crippen molar-refractivity contribution in [1.29, 1.82) is 0 Å². The molecule has 2 aromatic carbocycles. The van der Waals surface area contributed by atoms with Crippen molar-refractivity contribution in [3.05, 3.63) is 64.2 Å². The molecular formula is C17H15ClN2O. The zero-order valence-corrected chi connectivity index (χ0v) is 12.4. The van der Waals surface area contributed by atoms with Gasteiger partial charge in [-0.3, -0.25) is 4.79 Å². The first kappa shape index (κ1) is 15.1. The number of nitrogens with two attached hydrogens (primary N) is 1. The lowest BCUT2D eigenvalue weighted by atomic mass is 10.1. The maximum atomic E-state index is 12.2. The maximum absolute atomic E-state index is 12.2. The van der Waals surface area contributed by atoms with Gasteiger partial charge in [-0.2, -0.15) is 0 Å². The summed E-state index contributed by atoms with van der Waals surface area (Å²) in [6.45, 7) is 2.18. The summed E-state index contributed by atoms with van der Waals surface area (Å²) in [4.78, 5) is 12.2. The minimum Gasteiger partial charge on any atom is -0.322 e. The van der Waals surface area contributed by atoms with E-state index in [2.05, 4.69) is 17.2 Å². The Hall–Kier alpha value is -2.28. The zero-order chi connectivity index (χ0) is 15.2. The number of benzene rings is 2. The van der Waals surface area contributed by atoms with Gasteiger partial charge in [0.15, 0.2) is 0 Å². The van der Waals surface area contributed by atoms with Gasteiger partial charge >= 0.3 is 0 Å². The molecule has 21 heavy (non-hydrogen) atoms. The molecule has 0 unspecified atom stereocenters. The predicted molar refractivity (Wildman–Crippen MR) is 86.5 cm³/mol. The van der Waals surface area contributed by atoms with Gasteiger partial charge in [0, 0.05) is 21.8 Å². The van der Waals surface area contributed by atoms with Crippen LogP contribution in [0.1, 0.15) is 21.5 Å². The van der Waals surface area contributed by atoms with Crippen LogP contribution in [0.5, 0.6) is 0 Å². The molecule has 4 heteroatoms. The van der Waals surface area contributed by atoms with Gasteiger partial charge in [-0.1, -0.05) is 23.4 Å². The molecule has 0 heterocycles. The quantitative estimate of drug-likeness (QED) is 0.837. The Balaban J connectivity index is 2.12. The summed E-state index contributed by atoms with van der Waals surface area (Å²) in [5, 5.41) is 3.46. The van der Waals surface area contributed by atoms with Crippen molar-refractivity contribution in [1.82, 2.24) is 0 Å². The molecule has 0 atom stereocenters. The fourth-order valence-corrected chi connectivity index (χ4v) is 2.10. The first-order valence-corrected chi connectivity index (χ1v) is 6.84. The standard InChI is InChI=1S/C17H15ClN2O/c1-12-11-14(18)6-9-16(12)17(21)20-15-7-4-13(5-8-15)3-2-10-19/h4-9,11H,10,19H2,1H3,(H,20,21). The monoisotopic (exact) mass is 298 g/mol. The van der Waals surface area contributed by atoms with E-state index < -0.39 is 0 Å². The molecule has 0 aliphatic carbocycles. The second-order valence-corrected chi connectivity index (χ2v) is 4.93. The average Bonchev–Trinajstić information content (AvgIpc) is 2.46. The largest absolute Gasteiger partial charge is 0.322 e. The topological polar surface area (TPSA) is 55.1 Å². The van der Waals surface area contributed by atoms with Crippen LogP contribution in [0.15, 0.2) is 42.5 Å². The van der Waals surface area contributed by atoms with Crippen LogP contribution < -0.4 is 11.1 Å². The molecule has 2 aromatic rings. The van der Waals surface area contributed by atoms with Crippen LogP contribution in [-0.4, -0.2) is 12.5 Å². The van der Waals surface area contributed by atoms with E-state index in [-0.39, 0.29) is 5.91 Å². The molecular weight excluding hydrogens is 284 g/mol. The minimum absolute atomic E-state index is 0.162. The van der Waals surface area contributed by atoms with E-state index in [0.717, 1.165) is 11.1 Å². The molecule has 0 aliphatic heterocycles. The second kappa shape index (κ2) is 6.94. The molecule has 0 aliphatic rings. The number of carbonyl (C=O) groups excluding carboxylic acids is 1. The number of anilines is 1. The summed E-state index contributed by atoms with van der Waals surface area (Å²) < 4.78 is 0. The van der Waals surface area contributed by atoms with Crippen LogP contribution in [0.2, 0.25) is 5.02 Å². The zero-order valence-electron chi connectivity index (χ0n) is 11.6. The number of rotatable bonds is 2. The Morgan fingerprint density at radius 2 is 1.95 bits per heavy atom.